The predicted octanol–water partition coefficient (Wildman–Crippen LogP) is 3.50. The van der Waals surface area contributed by atoms with Gasteiger partial charge in [-0.3, -0.25) is 5.10 Å². The van der Waals surface area contributed by atoms with Crippen molar-refractivity contribution < 1.29 is 0 Å². The topological polar surface area (TPSA) is 33.6 Å². The van der Waals surface area contributed by atoms with Gasteiger partial charge >= 0.3 is 0 Å². The Kier molecular flexibility index (Phi) is 2.95. The van der Waals surface area contributed by atoms with Crippen LogP contribution in [0.25, 0.3) is 0 Å². The molecule has 0 unspecified atom stereocenters. The molecule has 90 valence electrons. The van der Waals surface area contributed by atoms with E-state index in [0.717, 1.165) is 11.3 Å². The van der Waals surface area contributed by atoms with Gasteiger partial charge in [0.1, 0.15) is 5.82 Å². The molecule has 0 saturated heterocycles. The second-order valence-corrected chi connectivity index (χ2v) is 6.28. The van der Waals surface area contributed by atoms with Crippen LogP contribution in [-0.2, 0) is 6.54 Å². The van der Waals surface area contributed by atoms with Gasteiger partial charge in [-0.15, -0.1) is 0 Å². The van der Waals surface area contributed by atoms with Gasteiger partial charge in [-0.2, -0.15) is 5.10 Å². The van der Waals surface area contributed by atoms with E-state index in [1.54, 1.807) is 0 Å². The predicted molar refractivity (Wildman–Crippen MR) is 68.0 cm³/mol. The van der Waals surface area contributed by atoms with E-state index in [-0.39, 0.29) is 5.41 Å². The zero-order valence-corrected chi connectivity index (χ0v) is 11.4. The molecule has 0 spiro atoms. The van der Waals surface area contributed by atoms with Crippen molar-refractivity contribution in [2.75, 3.05) is 0 Å². The lowest BCUT2D eigenvalue weighted by molar-refractivity contribution is 0.206. The fraction of sp³-hybridized carbons (Fsp3) is 0.833. The summed E-state index contributed by atoms with van der Waals surface area (Å²) in [4.78, 5) is 0. The Bertz CT molecular complexity index is 424. The average molecular weight is 239 g/mol. The number of H-pyrrole nitrogens is 1. The number of hydrogen-bond acceptors (Lipinski definition) is 2. The number of rotatable bonds is 4. The average Bonchev–Trinajstić information content (AvgIpc) is 2.95. The van der Waals surface area contributed by atoms with Crippen LogP contribution in [0.2, 0.25) is 0 Å². The van der Waals surface area contributed by atoms with E-state index in [9.17, 15) is 0 Å². The fourth-order valence-corrected chi connectivity index (χ4v) is 1.93. The highest BCUT2D eigenvalue weighted by Gasteiger charge is 2.31. The van der Waals surface area contributed by atoms with Crippen LogP contribution >= 0.6 is 12.2 Å². The van der Waals surface area contributed by atoms with Crippen molar-refractivity contribution in [3.05, 3.63) is 10.6 Å². The smallest absolute Gasteiger partial charge is 0.195 e. The largest absolute Gasteiger partial charge is 0.303 e. The monoisotopic (exact) mass is 239 g/mol. The zero-order chi connectivity index (χ0) is 11.9. The second-order valence-electron chi connectivity index (χ2n) is 5.89. The third-order valence-electron chi connectivity index (χ3n) is 3.86. The van der Waals surface area contributed by atoms with Crippen molar-refractivity contribution in [2.24, 2.45) is 11.3 Å². The Morgan fingerprint density at radius 2 is 2.12 bits per heavy atom. The summed E-state index contributed by atoms with van der Waals surface area (Å²) in [6.07, 6.45) is 2.53. The third-order valence-corrected chi connectivity index (χ3v) is 4.17. The summed E-state index contributed by atoms with van der Waals surface area (Å²) >= 11 is 5.32. The maximum Gasteiger partial charge on any atom is 0.195 e. The van der Waals surface area contributed by atoms with E-state index >= 15 is 0 Å². The summed E-state index contributed by atoms with van der Waals surface area (Å²) in [5.74, 6) is 2.45. The highest BCUT2D eigenvalue weighted by atomic mass is 32.1. The molecule has 0 bridgehead atoms. The molecule has 1 aromatic rings. The van der Waals surface area contributed by atoms with Gasteiger partial charge in [0.25, 0.3) is 0 Å². The number of hydrogen-bond donors (Lipinski definition) is 1. The molecule has 0 aromatic carbocycles. The maximum absolute atomic E-state index is 5.32. The van der Waals surface area contributed by atoms with E-state index in [4.69, 9.17) is 12.2 Å². The maximum atomic E-state index is 5.32. The fourth-order valence-electron chi connectivity index (χ4n) is 1.73. The summed E-state index contributed by atoms with van der Waals surface area (Å²) in [5, 5.41) is 7.30. The lowest BCUT2D eigenvalue weighted by Gasteiger charge is -2.30. The van der Waals surface area contributed by atoms with Crippen LogP contribution in [0, 0.1) is 16.1 Å². The first-order valence-corrected chi connectivity index (χ1v) is 6.48. The molecular formula is C12H21N3S. The van der Waals surface area contributed by atoms with Crippen LogP contribution in [0.5, 0.6) is 0 Å². The van der Waals surface area contributed by atoms with E-state index in [0.29, 0.717) is 11.8 Å². The van der Waals surface area contributed by atoms with Gasteiger partial charge in [0.05, 0.1) is 0 Å². The Hall–Kier alpha value is -0.640. The summed E-state index contributed by atoms with van der Waals surface area (Å²) in [6.45, 7) is 10.1. The van der Waals surface area contributed by atoms with Gasteiger partial charge in [-0.1, -0.05) is 27.7 Å². The summed E-state index contributed by atoms with van der Waals surface area (Å²) < 4.78 is 2.98. The molecule has 16 heavy (non-hydrogen) atoms. The molecule has 3 nitrogen and oxygen atoms in total. The lowest BCUT2D eigenvalue weighted by atomic mass is 9.81. The molecule has 1 aliphatic rings. The molecule has 1 heterocycles. The van der Waals surface area contributed by atoms with Crippen LogP contribution in [0.1, 0.15) is 52.3 Å². The molecule has 1 saturated carbocycles. The molecule has 0 atom stereocenters. The van der Waals surface area contributed by atoms with Crippen molar-refractivity contribution in [3.8, 4) is 0 Å². The van der Waals surface area contributed by atoms with Crippen molar-refractivity contribution in [1.29, 1.82) is 0 Å². The molecule has 0 radical (unpaired) electrons. The molecule has 1 N–H and O–H groups in total. The molecule has 1 fully saturated rings. The van der Waals surface area contributed by atoms with Crippen LogP contribution in [0.4, 0.5) is 0 Å². The van der Waals surface area contributed by atoms with E-state index in [2.05, 4.69) is 42.5 Å². The zero-order valence-electron chi connectivity index (χ0n) is 10.6. The number of nitrogens with one attached hydrogen (secondary N) is 1. The SMILES string of the molecule is CC(C)C(C)(C)Cn1c(C2CC2)n[nH]c1=S. The number of aromatic nitrogens is 3. The minimum atomic E-state index is 0.256. The van der Waals surface area contributed by atoms with Gasteiger partial charge < -0.3 is 4.57 Å². The van der Waals surface area contributed by atoms with E-state index in [1.807, 2.05) is 0 Å². The van der Waals surface area contributed by atoms with Crippen molar-refractivity contribution in [1.82, 2.24) is 14.8 Å². The van der Waals surface area contributed by atoms with Crippen LogP contribution in [0.15, 0.2) is 0 Å². The van der Waals surface area contributed by atoms with Gasteiger partial charge in [-0.05, 0) is 36.4 Å². The molecule has 4 heteroatoms. The van der Waals surface area contributed by atoms with Gasteiger partial charge in [-0.25, -0.2) is 0 Å². The Balaban J connectivity index is 2.26. The van der Waals surface area contributed by atoms with E-state index < -0.39 is 0 Å². The van der Waals surface area contributed by atoms with Crippen LogP contribution in [0.3, 0.4) is 0 Å². The minimum absolute atomic E-state index is 0.256. The molecule has 2 rings (SSSR count). The standard InChI is InChI=1S/C12H21N3S/c1-8(2)12(3,4)7-15-10(9-5-6-9)13-14-11(15)16/h8-9H,5-7H2,1-4H3,(H,14,16). The number of nitrogens with zero attached hydrogens (tertiary/aromatic N) is 2. The first kappa shape index (κ1) is 11.8. The molecule has 1 aliphatic carbocycles. The highest BCUT2D eigenvalue weighted by Crippen LogP contribution is 2.40. The minimum Gasteiger partial charge on any atom is -0.303 e. The van der Waals surface area contributed by atoms with E-state index in [1.165, 1.54) is 18.7 Å². The van der Waals surface area contributed by atoms with Gasteiger partial charge in [0, 0.05) is 12.5 Å². The molecule has 0 amide bonds. The van der Waals surface area contributed by atoms with Crippen molar-refractivity contribution in [3.63, 3.8) is 0 Å². The van der Waals surface area contributed by atoms with Gasteiger partial charge in [0.15, 0.2) is 4.77 Å². The Labute approximate surface area is 102 Å². The Morgan fingerprint density at radius 1 is 1.50 bits per heavy atom. The van der Waals surface area contributed by atoms with Crippen molar-refractivity contribution in [2.45, 2.75) is 53.0 Å². The molecule has 0 aliphatic heterocycles. The Morgan fingerprint density at radius 3 is 2.62 bits per heavy atom. The van der Waals surface area contributed by atoms with Gasteiger partial charge in [0.2, 0.25) is 0 Å². The molecule has 1 aromatic heterocycles. The molecular weight excluding hydrogens is 218 g/mol. The summed E-state index contributed by atoms with van der Waals surface area (Å²) in [6, 6.07) is 0. The first-order chi connectivity index (χ1) is 7.42. The highest BCUT2D eigenvalue weighted by molar-refractivity contribution is 7.71. The van der Waals surface area contributed by atoms with Crippen molar-refractivity contribution >= 4 is 12.2 Å². The van der Waals surface area contributed by atoms with Crippen LogP contribution in [-0.4, -0.2) is 14.8 Å². The van der Waals surface area contributed by atoms with Crippen LogP contribution < -0.4 is 0 Å². The first-order valence-electron chi connectivity index (χ1n) is 6.07. The normalized spacial score (nSPS) is 17.1. The quantitative estimate of drug-likeness (QED) is 0.816. The second kappa shape index (κ2) is 3.99. The summed E-state index contributed by atoms with van der Waals surface area (Å²) in [5.41, 5.74) is 0.256. The third kappa shape index (κ3) is 2.21. The lowest BCUT2D eigenvalue weighted by Crippen LogP contribution is -2.26. The number of aromatic amines is 1. The summed E-state index contributed by atoms with van der Waals surface area (Å²) in [7, 11) is 0.